The van der Waals surface area contributed by atoms with Gasteiger partial charge in [-0.1, -0.05) is 207 Å². The number of anilines is 1. The van der Waals surface area contributed by atoms with Crippen LogP contribution < -0.4 is 4.90 Å². The van der Waals surface area contributed by atoms with E-state index in [1.807, 2.05) is 6.08 Å². The molecule has 0 bridgehead atoms. The number of hydrogen-bond donors (Lipinski definition) is 0. The van der Waals surface area contributed by atoms with Crippen LogP contribution >= 0.6 is 0 Å². The van der Waals surface area contributed by atoms with Crippen molar-refractivity contribution in [1.82, 2.24) is 4.57 Å². The van der Waals surface area contributed by atoms with Crippen molar-refractivity contribution in [2.24, 2.45) is 5.92 Å². The van der Waals surface area contributed by atoms with Crippen LogP contribution in [0.3, 0.4) is 0 Å². The van der Waals surface area contributed by atoms with Crippen LogP contribution in [-0.4, -0.2) is 17.7 Å². The molecule has 0 radical (unpaired) electrons. The zero-order chi connectivity index (χ0) is 48.1. The lowest BCUT2D eigenvalue weighted by molar-refractivity contribution is 0.565. The van der Waals surface area contributed by atoms with Crippen LogP contribution in [0.4, 0.5) is 5.69 Å². The maximum Gasteiger partial charge on any atom is 0.0543 e. The number of allylic oxidation sites excluding steroid dienone is 16. The summed E-state index contributed by atoms with van der Waals surface area (Å²) in [5.74, 6) is 3.48. The molecule has 2 nitrogen and oxygen atoms in total. The van der Waals surface area contributed by atoms with Crippen molar-refractivity contribution in [3.63, 3.8) is 0 Å². The van der Waals surface area contributed by atoms with E-state index >= 15 is 0 Å². The van der Waals surface area contributed by atoms with Gasteiger partial charge in [0.25, 0.3) is 0 Å². The third kappa shape index (κ3) is 11.0. The van der Waals surface area contributed by atoms with Gasteiger partial charge in [-0.25, -0.2) is 0 Å². The first-order chi connectivity index (χ1) is 34.5. The number of benzene rings is 6. The maximum atomic E-state index is 6.10. The molecule has 1 unspecified atom stereocenters. The largest absolute Gasteiger partial charge is 0.364 e. The summed E-state index contributed by atoms with van der Waals surface area (Å²) in [7, 11) is 0. The molecule has 346 valence electrons. The van der Waals surface area contributed by atoms with E-state index in [-0.39, 0.29) is 0 Å². The molecule has 0 saturated carbocycles. The number of rotatable bonds is 17. The van der Waals surface area contributed by atoms with Crippen LogP contribution in [0.1, 0.15) is 70.4 Å². The molecule has 2 aliphatic carbocycles. The van der Waals surface area contributed by atoms with Crippen LogP contribution in [0.2, 0.25) is 0 Å². The highest BCUT2D eigenvalue weighted by atomic mass is 15.1. The molecule has 1 heterocycles. The maximum absolute atomic E-state index is 6.10. The number of nitrogens with zero attached hydrogens (tertiary/aromatic N) is 2. The molecule has 70 heavy (non-hydrogen) atoms. The lowest BCUT2D eigenvalue weighted by atomic mass is 9.82. The molecular formula is C68H64N2. The number of para-hydroxylation sites is 1. The van der Waals surface area contributed by atoms with Crippen LogP contribution in [-0.2, 0) is 0 Å². The molecule has 0 fully saturated rings. The Hall–Kier alpha value is -7.86. The van der Waals surface area contributed by atoms with Crippen molar-refractivity contribution in [2.75, 3.05) is 18.0 Å². The standard InChI is InChI=1S/C68H64N2/c1-5-8-11-23-53(50-69(47-21-30-54(7-3)55-24-12-9-13-25-55)62-44-41-60(42-45-62)59-39-37-58(38-40-59)56-26-14-10-15-27-56)36-35-52(22-6-2)48-51(4)64-32-20-34-67-68(64)65-31-18-19-33-66(65)70(67)63-46-43-57-28-16-17-29-61(57)49-63/h2,7-16,18-28,30-34,37-46,48,61H,5,17,29,35-36,47,49-50H2,1,3-4H3/b11-8-,30-21-,51-48+,52-22-,53-23+,54-7+. The van der Waals surface area contributed by atoms with Gasteiger partial charge in [-0.3, -0.25) is 0 Å². The average molecular weight is 909 g/mol. The van der Waals surface area contributed by atoms with Gasteiger partial charge in [0.2, 0.25) is 0 Å². The molecule has 0 amide bonds. The van der Waals surface area contributed by atoms with E-state index in [2.05, 4.69) is 255 Å². The third-order valence-corrected chi connectivity index (χ3v) is 13.9. The molecule has 7 aromatic rings. The highest BCUT2D eigenvalue weighted by Gasteiger charge is 2.24. The normalized spacial score (nSPS) is 15.7. The van der Waals surface area contributed by atoms with E-state index < -0.39 is 0 Å². The summed E-state index contributed by atoms with van der Waals surface area (Å²) < 4.78 is 2.52. The Labute approximate surface area is 417 Å². The Morgan fingerprint density at radius 3 is 2.16 bits per heavy atom. The SMILES string of the molecule is C#C/C=C(\C=C(/C)c1cccc2c1c1ccccc1n2C1=CC=C2C=CCCC2C1)CC/C(=C\C=C/CC)CN(C/C=C\C(=C/C)c1ccccc1)c1ccc(-c2ccc(-c3ccccc3)cc2)cc1. The third-order valence-electron chi connectivity index (χ3n) is 13.9. The van der Waals surface area contributed by atoms with E-state index in [0.29, 0.717) is 5.92 Å². The Kier molecular flexibility index (Phi) is 15.5. The summed E-state index contributed by atoms with van der Waals surface area (Å²) in [6, 6.07) is 54.9. The average Bonchev–Trinajstić information content (AvgIpc) is 3.76. The van der Waals surface area contributed by atoms with Crippen LogP contribution in [0.5, 0.6) is 0 Å². The second-order valence-electron chi connectivity index (χ2n) is 18.5. The second kappa shape index (κ2) is 23.0. The van der Waals surface area contributed by atoms with Gasteiger partial charge in [-0.2, -0.15) is 0 Å². The van der Waals surface area contributed by atoms with Crippen molar-refractivity contribution in [1.29, 1.82) is 0 Å². The van der Waals surface area contributed by atoms with Crippen molar-refractivity contribution in [2.45, 2.75) is 59.3 Å². The predicted molar refractivity (Wildman–Crippen MR) is 304 cm³/mol. The highest BCUT2D eigenvalue weighted by Crippen LogP contribution is 2.41. The number of aromatic nitrogens is 1. The van der Waals surface area contributed by atoms with E-state index in [1.54, 1.807) is 0 Å². The smallest absolute Gasteiger partial charge is 0.0543 e. The molecule has 6 aromatic carbocycles. The first-order valence-electron chi connectivity index (χ1n) is 25.2. The van der Waals surface area contributed by atoms with Gasteiger partial charge in [0.15, 0.2) is 0 Å². The van der Waals surface area contributed by atoms with Crippen LogP contribution in [0.25, 0.3) is 60.9 Å². The Morgan fingerprint density at radius 1 is 0.743 bits per heavy atom. The molecule has 0 N–H and O–H groups in total. The Morgan fingerprint density at radius 2 is 1.43 bits per heavy atom. The summed E-state index contributed by atoms with van der Waals surface area (Å²) >= 11 is 0. The van der Waals surface area contributed by atoms with Crippen molar-refractivity contribution in [3.8, 4) is 34.6 Å². The van der Waals surface area contributed by atoms with E-state index in [0.717, 1.165) is 50.8 Å². The monoisotopic (exact) mass is 909 g/mol. The minimum absolute atomic E-state index is 0.572. The lowest BCUT2D eigenvalue weighted by Gasteiger charge is -2.27. The summed E-state index contributed by atoms with van der Waals surface area (Å²) in [6.07, 6.45) is 39.4. The van der Waals surface area contributed by atoms with Gasteiger partial charge >= 0.3 is 0 Å². The fraction of sp³-hybridized carbons (Fsp3) is 0.176. The molecule has 1 atom stereocenters. The van der Waals surface area contributed by atoms with Crippen molar-refractivity contribution >= 4 is 44.3 Å². The zero-order valence-electron chi connectivity index (χ0n) is 41.1. The topological polar surface area (TPSA) is 8.17 Å². The van der Waals surface area contributed by atoms with Gasteiger partial charge in [-0.15, -0.1) is 6.42 Å². The lowest BCUT2D eigenvalue weighted by Crippen LogP contribution is -2.26. The van der Waals surface area contributed by atoms with Crippen LogP contribution in [0.15, 0.2) is 241 Å². The fourth-order valence-electron chi connectivity index (χ4n) is 10.2. The van der Waals surface area contributed by atoms with Crippen LogP contribution in [0, 0.1) is 18.3 Å². The minimum Gasteiger partial charge on any atom is -0.364 e. The van der Waals surface area contributed by atoms with Gasteiger partial charge in [0, 0.05) is 35.2 Å². The zero-order valence-corrected chi connectivity index (χ0v) is 41.1. The minimum atomic E-state index is 0.572. The molecule has 0 saturated heterocycles. The Bertz CT molecular complexity index is 3260. The van der Waals surface area contributed by atoms with E-state index in [4.69, 9.17) is 6.42 Å². The van der Waals surface area contributed by atoms with Gasteiger partial charge in [0.05, 0.1) is 11.0 Å². The predicted octanol–water partition coefficient (Wildman–Crippen LogP) is 18.1. The van der Waals surface area contributed by atoms with E-state index in [1.165, 1.54) is 95.3 Å². The Balaban J connectivity index is 0.993. The summed E-state index contributed by atoms with van der Waals surface area (Å²) in [5, 5.41) is 2.58. The molecule has 0 aliphatic heterocycles. The van der Waals surface area contributed by atoms with Gasteiger partial charge in [0.1, 0.15) is 0 Å². The molecule has 2 heteroatoms. The summed E-state index contributed by atoms with van der Waals surface area (Å²) in [4.78, 5) is 2.49. The van der Waals surface area contributed by atoms with E-state index in [9.17, 15) is 0 Å². The van der Waals surface area contributed by atoms with Gasteiger partial charge in [-0.05, 0) is 150 Å². The quantitative estimate of drug-likeness (QED) is 0.0653. The van der Waals surface area contributed by atoms with Gasteiger partial charge < -0.3 is 9.47 Å². The number of fused-ring (bicyclic) bond motifs is 4. The summed E-state index contributed by atoms with van der Waals surface area (Å²) in [6.45, 7) is 8.08. The molecule has 1 aromatic heterocycles. The van der Waals surface area contributed by atoms with Crippen molar-refractivity contribution < 1.29 is 0 Å². The van der Waals surface area contributed by atoms with Crippen molar-refractivity contribution in [3.05, 3.63) is 252 Å². The molecule has 9 rings (SSSR count). The highest BCUT2D eigenvalue weighted by molar-refractivity contribution is 6.14. The molecule has 0 spiro atoms. The first kappa shape index (κ1) is 47.2. The number of hydrogen-bond acceptors (Lipinski definition) is 1. The molecule has 2 aliphatic rings. The first-order valence-corrected chi connectivity index (χ1v) is 25.2. The second-order valence-corrected chi connectivity index (χ2v) is 18.5. The molecular weight excluding hydrogens is 845 g/mol. The summed E-state index contributed by atoms with van der Waals surface area (Å²) in [5.41, 5.74) is 18.8. The number of terminal acetylenes is 1. The fourth-order valence-corrected chi connectivity index (χ4v) is 10.2.